The van der Waals surface area contributed by atoms with Crippen molar-refractivity contribution in [3.05, 3.63) is 58.9 Å². The molecule has 1 saturated heterocycles. The molecule has 4 rings (SSSR count). The molecular weight excluding hydrogens is 306 g/mol. The number of nitrogens with zero attached hydrogens (tertiary/aromatic N) is 5. The van der Waals surface area contributed by atoms with Gasteiger partial charge in [-0.2, -0.15) is 5.10 Å². The summed E-state index contributed by atoms with van der Waals surface area (Å²) in [6, 6.07) is 10.9. The zero-order chi connectivity index (χ0) is 16.5. The summed E-state index contributed by atoms with van der Waals surface area (Å²) >= 11 is 0. The van der Waals surface area contributed by atoms with Gasteiger partial charge in [0.05, 0.1) is 16.5 Å². The number of aromatic nitrogens is 3. The van der Waals surface area contributed by atoms with Crippen LogP contribution in [0.1, 0.15) is 18.9 Å². The first-order valence-electron chi connectivity index (χ1n) is 8.00. The Labute approximate surface area is 138 Å². The first kappa shape index (κ1) is 14.6. The highest BCUT2D eigenvalue weighted by Gasteiger charge is 2.22. The molecule has 1 aliphatic rings. The van der Waals surface area contributed by atoms with Crippen LogP contribution in [0.4, 0.5) is 11.5 Å². The average Bonchev–Trinajstić information content (AvgIpc) is 3.15. The van der Waals surface area contributed by atoms with Crippen LogP contribution in [0, 0.1) is 10.1 Å². The van der Waals surface area contributed by atoms with Crippen molar-refractivity contribution in [1.29, 1.82) is 0 Å². The predicted molar refractivity (Wildman–Crippen MR) is 91.1 cm³/mol. The van der Waals surface area contributed by atoms with E-state index in [1.165, 1.54) is 6.07 Å². The van der Waals surface area contributed by atoms with Gasteiger partial charge in [0.1, 0.15) is 5.82 Å². The molecule has 1 aromatic carbocycles. The summed E-state index contributed by atoms with van der Waals surface area (Å²) in [5, 5.41) is 16.0. The van der Waals surface area contributed by atoms with Gasteiger partial charge in [0.2, 0.25) is 0 Å². The fraction of sp³-hybridized carbons (Fsp3) is 0.294. The minimum atomic E-state index is -0.382. The summed E-state index contributed by atoms with van der Waals surface area (Å²) < 4.78 is 2.01. The van der Waals surface area contributed by atoms with E-state index >= 15 is 0 Å². The molecule has 1 fully saturated rings. The van der Waals surface area contributed by atoms with Gasteiger partial charge in [-0.3, -0.25) is 14.8 Å². The van der Waals surface area contributed by atoms with Crippen molar-refractivity contribution >= 4 is 22.4 Å². The molecule has 122 valence electrons. The lowest BCUT2D eigenvalue weighted by Crippen LogP contribution is -2.37. The van der Waals surface area contributed by atoms with E-state index in [0.29, 0.717) is 6.04 Å². The quantitative estimate of drug-likeness (QED) is 0.546. The van der Waals surface area contributed by atoms with Gasteiger partial charge in [-0.15, -0.1) is 0 Å². The molecule has 0 N–H and O–H groups in total. The van der Waals surface area contributed by atoms with E-state index < -0.39 is 0 Å². The average molecular weight is 323 g/mol. The third-order valence-corrected chi connectivity index (χ3v) is 4.49. The first-order valence-corrected chi connectivity index (χ1v) is 8.00. The smallest absolute Gasteiger partial charge is 0.270 e. The van der Waals surface area contributed by atoms with E-state index in [2.05, 4.69) is 15.0 Å². The Morgan fingerprint density at radius 3 is 2.96 bits per heavy atom. The summed E-state index contributed by atoms with van der Waals surface area (Å²) in [6.45, 7) is 1.83. The van der Waals surface area contributed by atoms with E-state index in [1.807, 2.05) is 29.1 Å². The van der Waals surface area contributed by atoms with Gasteiger partial charge >= 0.3 is 0 Å². The third kappa shape index (κ3) is 2.68. The number of rotatable bonds is 3. The van der Waals surface area contributed by atoms with Gasteiger partial charge in [0, 0.05) is 43.0 Å². The van der Waals surface area contributed by atoms with E-state index in [0.717, 1.165) is 42.7 Å². The molecule has 0 amide bonds. The number of nitro benzene ring substituents is 1. The van der Waals surface area contributed by atoms with E-state index in [4.69, 9.17) is 0 Å². The maximum absolute atomic E-state index is 10.9. The summed E-state index contributed by atoms with van der Waals surface area (Å²) in [6.07, 6.45) is 6.00. The molecule has 7 nitrogen and oxygen atoms in total. The number of pyridine rings is 1. The molecule has 0 spiro atoms. The summed E-state index contributed by atoms with van der Waals surface area (Å²) in [5.41, 5.74) is 0.869. The molecule has 3 aromatic rings. The fourth-order valence-corrected chi connectivity index (χ4v) is 3.27. The second-order valence-corrected chi connectivity index (χ2v) is 6.03. The summed E-state index contributed by atoms with van der Waals surface area (Å²) in [7, 11) is 0. The van der Waals surface area contributed by atoms with Crippen LogP contribution in [0.25, 0.3) is 10.9 Å². The monoisotopic (exact) mass is 323 g/mol. The van der Waals surface area contributed by atoms with Gasteiger partial charge in [-0.1, -0.05) is 0 Å². The normalized spacial score (nSPS) is 18.0. The Bertz CT molecular complexity index is 878. The Morgan fingerprint density at radius 2 is 2.17 bits per heavy atom. The van der Waals surface area contributed by atoms with Crippen molar-refractivity contribution in [2.75, 3.05) is 18.0 Å². The van der Waals surface area contributed by atoms with Crippen LogP contribution < -0.4 is 4.90 Å². The Balaban J connectivity index is 1.61. The van der Waals surface area contributed by atoms with Crippen molar-refractivity contribution in [3.63, 3.8) is 0 Å². The number of nitro groups is 1. The SMILES string of the molecule is O=[N+]([O-])c1ccc2nc(N3CCCC(n4cccn4)C3)ccc2c1. The lowest BCUT2D eigenvalue weighted by Gasteiger charge is -2.33. The van der Waals surface area contributed by atoms with Crippen LogP contribution in [0.2, 0.25) is 0 Å². The van der Waals surface area contributed by atoms with Crippen LogP contribution in [-0.4, -0.2) is 32.8 Å². The molecule has 1 atom stereocenters. The highest BCUT2D eigenvalue weighted by molar-refractivity contribution is 5.82. The predicted octanol–water partition coefficient (Wildman–Crippen LogP) is 3.18. The zero-order valence-corrected chi connectivity index (χ0v) is 13.1. The molecule has 24 heavy (non-hydrogen) atoms. The molecular formula is C17H17N5O2. The Hall–Kier alpha value is -2.96. The minimum Gasteiger partial charge on any atom is -0.354 e. The van der Waals surface area contributed by atoms with Crippen molar-refractivity contribution in [2.45, 2.75) is 18.9 Å². The van der Waals surface area contributed by atoms with Crippen molar-refractivity contribution in [2.24, 2.45) is 0 Å². The Kier molecular flexibility index (Phi) is 3.60. The Morgan fingerprint density at radius 1 is 1.25 bits per heavy atom. The van der Waals surface area contributed by atoms with Crippen LogP contribution >= 0.6 is 0 Å². The van der Waals surface area contributed by atoms with Gasteiger partial charge in [0.15, 0.2) is 0 Å². The molecule has 7 heteroatoms. The summed E-state index contributed by atoms with van der Waals surface area (Å²) in [4.78, 5) is 17.4. The lowest BCUT2D eigenvalue weighted by molar-refractivity contribution is -0.384. The van der Waals surface area contributed by atoms with Crippen molar-refractivity contribution in [1.82, 2.24) is 14.8 Å². The van der Waals surface area contributed by atoms with Gasteiger partial charge in [-0.25, -0.2) is 4.98 Å². The maximum atomic E-state index is 10.9. The largest absolute Gasteiger partial charge is 0.354 e. The second kappa shape index (κ2) is 5.92. The molecule has 0 bridgehead atoms. The molecule has 0 saturated carbocycles. The number of anilines is 1. The number of hydrogen-bond acceptors (Lipinski definition) is 5. The minimum absolute atomic E-state index is 0.0915. The summed E-state index contributed by atoms with van der Waals surface area (Å²) in [5.74, 6) is 0.910. The molecule has 1 aliphatic heterocycles. The standard InChI is InChI=1S/C17H17N5O2/c23-22(24)14-5-6-16-13(11-14)4-7-17(19-16)20-9-1-3-15(12-20)21-10-2-8-18-21/h2,4-8,10-11,15H,1,3,9,12H2. The number of benzene rings is 1. The second-order valence-electron chi connectivity index (χ2n) is 6.03. The van der Waals surface area contributed by atoms with E-state index in [-0.39, 0.29) is 10.6 Å². The third-order valence-electron chi connectivity index (χ3n) is 4.49. The van der Waals surface area contributed by atoms with Crippen LogP contribution in [0.15, 0.2) is 48.8 Å². The van der Waals surface area contributed by atoms with Crippen LogP contribution in [-0.2, 0) is 0 Å². The molecule has 1 unspecified atom stereocenters. The molecule has 0 radical (unpaired) electrons. The van der Waals surface area contributed by atoms with E-state index in [9.17, 15) is 10.1 Å². The number of piperidine rings is 1. The van der Waals surface area contributed by atoms with Crippen molar-refractivity contribution in [3.8, 4) is 0 Å². The molecule has 3 heterocycles. The van der Waals surface area contributed by atoms with Gasteiger partial charge < -0.3 is 4.90 Å². The fourth-order valence-electron chi connectivity index (χ4n) is 3.27. The maximum Gasteiger partial charge on any atom is 0.270 e. The topological polar surface area (TPSA) is 77.1 Å². The number of fused-ring (bicyclic) bond motifs is 1. The van der Waals surface area contributed by atoms with Crippen molar-refractivity contribution < 1.29 is 4.92 Å². The molecule has 2 aromatic heterocycles. The highest BCUT2D eigenvalue weighted by Crippen LogP contribution is 2.27. The van der Waals surface area contributed by atoms with Gasteiger partial charge in [0.25, 0.3) is 5.69 Å². The first-order chi connectivity index (χ1) is 11.7. The number of hydrogen-bond donors (Lipinski definition) is 0. The van der Waals surface area contributed by atoms with Crippen LogP contribution in [0.5, 0.6) is 0 Å². The highest BCUT2D eigenvalue weighted by atomic mass is 16.6. The van der Waals surface area contributed by atoms with E-state index in [1.54, 1.807) is 18.3 Å². The van der Waals surface area contributed by atoms with Crippen LogP contribution in [0.3, 0.4) is 0 Å². The lowest BCUT2D eigenvalue weighted by atomic mass is 10.1. The number of non-ortho nitro benzene ring substituents is 1. The van der Waals surface area contributed by atoms with Gasteiger partial charge in [-0.05, 0) is 37.1 Å². The zero-order valence-electron chi connectivity index (χ0n) is 13.1. The molecule has 0 aliphatic carbocycles.